The van der Waals surface area contributed by atoms with Crippen LogP contribution >= 0.6 is 11.3 Å². The van der Waals surface area contributed by atoms with Gasteiger partial charge in [-0.15, -0.1) is 10.2 Å². The Morgan fingerprint density at radius 3 is 2.93 bits per heavy atom. The Morgan fingerprint density at radius 2 is 2.50 bits per heavy atom. The number of aliphatic carboxylic acids is 1. The van der Waals surface area contributed by atoms with Gasteiger partial charge in [0.25, 0.3) is 0 Å². The van der Waals surface area contributed by atoms with Crippen molar-refractivity contribution in [2.75, 3.05) is 11.4 Å². The van der Waals surface area contributed by atoms with Crippen LogP contribution in [0, 0.1) is 0 Å². The number of nitrogens with zero attached hydrogens (tertiary/aromatic N) is 3. The lowest BCUT2D eigenvalue weighted by atomic mass is 10.2. The van der Waals surface area contributed by atoms with E-state index in [0.717, 1.165) is 11.7 Å². The molecular formula is C8H13N3O2S. The molecule has 1 rings (SSSR count). The number of carboxylic acid groups (broad SMARTS) is 1. The maximum atomic E-state index is 10.5. The second-order valence-corrected chi connectivity index (χ2v) is 3.77. The van der Waals surface area contributed by atoms with E-state index in [1.54, 1.807) is 5.51 Å². The van der Waals surface area contributed by atoms with Gasteiger partial charge in [0.2, 0.25) is 5.13 Å². The summed E-state index contributed by atoms with van der Waals surface area (Å²) in [6.07, 6.45) is 0.118. The number of carboxylic acids is 1. The molecule has 0 aromatic carbocycles. The molecule has 0 amide bonds. The van der Waals surface area contributed by atoms with Gasteiger partial charge in [-0.2, -0.15) is 0 Å². The number of anilines is 1. The van der Waals surface area contributed by atoms with Gasteiger partial charge in [0.1, 0.15) is 5.51 Å². The van der Waals surface area contributed by atoms with Gasteiger partial charge in [-0.05, 0) is 13.8 Å². The first-order chi connectivity index (χ1) is 6.65. The van der Waals surface area contributed by atoms with Crippen molar-refractivity contribution in [2.45, 2.75) is 26.3 Å². The predicted octanol–water partition coefficient (Wildman–Crippen LogP) is 1.23. The molecule has 0 bridgehead atoms. The summed E-state index contributed by atoms with van der Waals surface area (Å²) in [5.74, 6) is -0.791. The average molecular weight is 215 g/mol. The summed E-state index contributed by atoms with van der Waals surface area (Å²) in [6.45, 7) is 4.59. The number of aromatic nitrogens is 2. The van der Waals surface area contributed by atoms with Crippen LogP contribution in [0.4, 0.5) is 5.13 Å². The highest BCUT2D eigenvalue weighted by molar-refractivity contribution is 7.13. The van der Waals surface area contributed by atoms with E-state index in [9.17, 15) is 4.79 Å². The predicted molar refractivity (Wildman–Crippen MR) is 54.6 cm³/mol. The highest BCUT2D eigenvalue weighted by atomic mass is 32.1. The maximum Gasteiger partial charge on any atom is 0.305 e. The summed E-state index contributed by atoms with van der Waals surface area (Å²) < 4.78 is 0. The topological polar surface area (TPSA) is 66.3 Å². The van der Waals surface area contributed by atoms with Crippen LogP contribution in [0.3, 0.4) is 0 Å². The molecule has 1 aromatic heterocycles. The Hall–Kier alpha value is -1.17. The van der Waals surface area contributed by atoms with Crippen LogP contribution in [0.5, 0.6) is 0 Å². The van der Waals surface area contributed by atoms with Gasteiger partial charge in [-0.3, -0.25) is 4.79 Å². The van der Waals surface area contributed by atoms with Crippen molar-refractivity contribution in [3.05, 3.63) is 5.51 Å². The lowest BCUT2D eigenvalue weighted by Gasteiger charge is -2.25. The third-order valence-corrected chi connectivity index (χ3v) is 2.66. The van der Waals surface area contributed by atoms with E-state index in [-0.39, 0.29) is 12.5 Å². The SMILES string of the molecule is CCN(c1nncs1)C(C)CC(=O)O. The molecule has 14 heavy (non-hydrogen) atoms. The molecule has 0 aliphatic carbocycles. The van der Waals surface area contributed by atoms with E-state index < -0.39 is 5.97 Å². The Bertz CT molecular complexity index is 289. The first kappa shape index (κ1) is 10.9. The van der Waals surface area contributed by atoms with Crippen LogP contribution in [0.15, 0.2) is 5.51 Å². The van der Waals surface area contributed by atoms with Crippen LogP contribution in [0.1, 0.15) is 20.3 Å². The molecule has 0 spiro atoms. The van der Waals surface area contributed by atoms with Crippen LogP contribution in [0.25, 0.3) is 0 Å². The zero-order valence-electron chi connectivity index (χ0n) is 8.17. The monoisotopic (exact) mass is 215 g/mol. The molecule has 6 heteroatoms. The minimum atomic E-state index is -0.791. The van der Waals surface area contributed by atoms with E-state index in [4.69, 9.17) is 5.11 Å². The summed E-state index contributed by atoms with van der Waals surface area (Å²) in [6, 6.07) is -0.0505. The first-order valence-corrected chi connectivity index (χ1v) is 5.27. The Morgan fingerprint density at radius 1 is 1.79 bits per heavy atom. The normalized spacial score (nSPS) is 12.4. The van der Waals surface area contributed by atoms with Gasteiger partial charge < -0.3 is 10.0 Å². The summed E-state index contributed by atoms with van der Waals surface area (Å²) in [4.78, 5) is 12.5. The molecular weight excluding hydrogens is 202 g/mol. The van der Waals surface area contributed by atoms with Crippen molar-refractivity contribution in [1.82, 2.24) is 10.2 Å². The van der Waals surface area contributed by atoms with Gasteiger partial charge in [0.05, 0.1) is 6.42 Å². The second-order valence-electron chi connectivity index (χ2n) is 2.95. The van der Waals surface area contributed by atoms with Gasteiger partial charge in [0, 0.05) is 12.6 Å². The molecule has 0 aliphatic heterocycles. The van der Waals surface area contributed by atoms with Crippen molar-refractivity contribution in [1.29, 1.82) is 0 Å². The molecule has 1 aromatic rings. The molecule has 1 unspecified atom stereocenters. The van der Waals surface area contributed by atoms with Gasteiger partial charge in [-0.25, -0.2) is 0 Å². The van der Waals surface area contributed by atoms with Crippen LogP contribution in [-0.2, 0) is 4.79 Å². The van der Waals surface area contributed by atoms with Gasteiger partial charge in [0.15, 0.2) is 0 Å². The standard InChI is InChI=1S/C8H13N3O2S/c1-3-11(6(2)4-7(12)13)8-10-9-5-14-8/h5-6H,3-4H2,1-2H3,(H,12,13). The number of hydrogen-bond acceptors (Lipinski definition) is 5. The van der Waals surface area contributed by atoms with Crippen molar-refractivity contribution >= 4 is 22.4 Å². The number of rotatable bonds is 5. The van der Waals surface area contributed by atoms with Crippen LogP contribution < -0.4 is 4.90 Å². The van der Waals surface area contributed by atoms with Crippen molar-refractivity contribution in [2.24, 2.45) is 0 Å². The highest BCUT2D eigenvalue weighted by Crippen LogP contribution is 2.19. The van der Waals surface area contributed by atoms with E-state index in [0.29, 0.717) is 0 Å². The fraction of sp³-hybridized carbons (Fsp3) is 0.625. The Balaban J connectivity index is 2.67. The molecule has 1 atom stereocenters. The van der Waals surface area contributed by atoms with Crippen LogP contribution in [-0.4, -0.2) is 33.9 Å². The van der Waals surface area contributed by atoms with Crippen molar-refractivity contribution in [3.63, 3.8) is 0 Å². The van der Waals surface area contributed by atoms with Gasteiger partial charge >= 0.3 is 5.97 Å². The number of carbonyl (C=O) groups is 1. The average Bonchev–Trinajstić information content (AvgIpc) is 2.57. The molecule has 0 fully saturated rings. The van der Waals surface area contributed by atoms with E-state index in [1.165, 1.54) is 11.3 Å². The van der Waals surface area contributed by atoms with Crippen LogP contribution in [0.2, 0.25) is 0 Å². The summed E-state index contributed by atoms with van der Waals surface area (Å²) in [5, 5.41) is 17.1. The minimum absolute atomic E-state index is 0.0505. The third kappa shape index (κ3) is 2.66. The zero-order valence-corrected chi connectivity index (χ0v) is 8.99. The lowest BCUT2D eigenvalue weighted by molar-refractivity contribution is -0.137. The summed E-state index contributed by atoms with van der Waals surface area (Å²) >= 11 is 1.42. The Labute approximate surface area is 86.4 Å². The first-order valence-electron chi connectivity index (χ1n) is 4.39. The maximum absolute atomic E-state index is 10.5. The zero-order chi connectivity index (χ0) is 10.6. The lowest BCUT2D eigenvalue weighted by Crippen LogP contribution is -2.34. The fourth-order valence-electron chi connectivity index (χ4n) is 1.29. The van der Waals surface area contributed by atoms with E-state index in [2.05, 4.69) is 10.2 Å². The quantitative estimate of drug-likeness (QED) is 0.800. The smallest absolute Gasteiger partial charge is 0.305 e. The van der Waals surface area contributed by atoms with Gasteiger partial charge in [-0.1, -0.05) is 11.3 Å². The van der Waals surface area contributed by atoms with Crippen molar-refractivity contribution < 1.29 is 9.90 Å². The molecule has 0 radical (unpaired) electrons. The van der Waals surface area contributed by atoms with E-state index in [1.807, 2.05) is 18.7 Å². The molecule has 0 saturated carbocycles. The number of hydrogen-bond donors (Lipinski definition) is 1. The minimum Gasteiger partial charge on any atom is -0.481 e. The van der Waals surface area contributed by atoms with E-state index >= 15 is 0 Å². The largest absolute Gasteiger partial charge is 0.481 e. The summed E-state index contributed by atoms with van der Waals surface area (Å²) in [7, 11) is 0. The Kier molecular flexibility index (Phi) is 3.82. The molecule has 5 nitrogen and oxygen atoms in total. The highest BCUT2D eigenvalue weighted by Gasteiger charge is 2.17. The summed E-state index contributed by atoms with van der Waals surface area (Å²) in [5.41, 5.74) is 1.64. The molecule has 1 N–H and O–H groups in total. The molecule has 78 valence electrons. The molecule has 1 heterocycles. The fourth-order valence-corrected chi connectivity index (χ4v) is 2.02. The third-order valence-electron chi connectivity index (χ3n) is 1.94. The molecule has 0 saturated heterocycles. The second kappa shape index (κ2) is 4.90. The van der Waals surface area contributed by atoms with Crippen molar-refractivity contribution in [3.8, 4) is 0 Å². The molecule has 0 aliphatic rings.